The molecule has 0 saturated heterocycles. The zero-order valence-electron chi connectivity index (χ0n) is 21.7. The summed E-state index contributed by atoms with van der Waals surface area (Å²) in [6.45, 7) is 24.5. The molecule has 0 radical (unpaired) electrons. The predicted molar refractivity (Wildman–Crippen MR) is 131 cm³/mol. The third kappa shape index (κ3) is 7.19. The summed E-state index contributed by atoms with van der Waals surface area (Å²) in [5.41, 5.74) is 2.94. The highest BCUT2D eigenvalue weighted by Crippen LogP contribution is 2.35. The van der Waals surface area contributed by atoms with Crippen molar-refractivity contribution in [2.24, 2.45) is 10.8 Å². The third-order valence-corrected chi connectivity index (χ3v) is 5.37. The summed E-state index contributed by atoms with van der Waals surface area (Å²) in [4.78, 5) is 23.9. The lowest BCUT2D eigenvalue weighted by Gasteiger charge is -2.28. The number of phenolic OH excluding ortho intramolecular Hbond substituents is 1. The van der Waals surface area contributed by atoms with Crippen LogP contribution < -0.4 is 0 Å². The van der Waals surface area contributed by atoms with E-state index in [0.29, 0.717) is 16.9 Å². The number of rotatable bonds is 0. The van der Waals surface area contributed by atoms with E-state index in [9.17, 15) is 14.7 Å². The van der Waals surface area contributed by atoms with Crippen LogP contribution in [0.1, 0.15) is 94.2 Å². The first-order valence-corrected chi connectivity index (χ1v) is 11.0. The normalized spacial score (nSPS) is 15.7. The Morgan fingerprint density at radius 1 is 0.581 bits per heavy atom. The SMILES string of the molecule is CC(C)(C)C1=CC(=O)C(C(C)(C)C)=CC1=O.CC(C)(C)c1ccc(C(C)(C)C)c(O)c1. The summed E-state index contributed by atoms with van der Waals surface area (Å²) in [6, 6.07) is 6.04. The van der Waals surface area contributed by atoms with Gasteiger partial charge in [0.2, 0.25) is 0 Å². The van der Waals surface area contributed by atoms with Crippen molar-refractivity contribution in [3.05, 3.63) is 52.6 Å². The predicted octanol–water partition coefficient (Wildman–Crippen LogP) is 7.07. The maximum Gasteiger partial charge on any atom is 0.182 e. The molecule has 0 atom stereocenters. The smallest absolute Gasteiger partial charge is 0.182 e. The Bertz CT molecular complexity index is 860. The molecule has 0 unspecified atom stereocenters. The number of carbonyl (C=O) groups is 2. The van der Waals surface area contributed by atoms with Gasteiger partial charge >= 0.3 is 0 Å². The van der Waals surface area contributed by atoms with Gasteiger partial charge in [0.05, 0.1) is 0 Å². The molecule has 1 aliphatic carbocycles. The summed E-state index contributed by atoms with van der Waals surface area (Å²) in [5.74, 6) is 0.351. The molecule has 1 aromatic carbocycles. The number of phenols is 1. The zero-order chi connectivity index (χ0) is 24.6. The van der Waals surface area contributed by atoms with Crippen molar-refractivity contribution in [2.45, 2.75) is 93.9 Å². The Morgan fingerprint density at radius 3 is 1.23 bits per heavy atom. The van der Waals surface area contributed by atoms with Gasteiger partial charge in [-0.25, -0.2) is 0 Å². The summed E-state index contributed by atoms with van der Waals surface area (Å²) in [6.07, 6.45) is 3.01. The number of carbonyl (C=O) groups excluding carboxylic acids is 2. The van der Waals surface area contributed by atoms with Gasteiger partial charge < -0.3 is 5.11 Å². The number of ketones is 2. The molecule has 2 rings (SSSR count). The standard InChI is InChI=1S/C14H20O2.C14H22O/c1-13(2,3)9-7-12(16)10(8-11(9)15)14(4,5)6;1-13(2,3)10-7-8-11(12(15)9-10)14(4,5)6/h7-8H,1-6H3;7-9,15H,1-6H3. The number of hydrogen-bond acceptors (Lipinski definition) is 3. The Balaban J connectivity index is 0.000000311. The lowest BCUT2D eigenvalue weighted by Crippen LogP contribution is -2.27. The van der Waals surface area contributed by atoms with Crippen LogP contribution in [0.25, 0.3) is 0 Å². The van der Waals surface area contributed by atoms with Crippen LogP contribution in [0.4, 0.5) is 0 Å². The monoisotopic (exact) mass is 426 g/mol. The molecule has 1 aliphatic rings. The van der Waals surface area contributed by atoms with E-state index in [0.717, 1.165) is 5.56 Å². The number of benzene rings is 1. The van der Waals surface area contributed by atoms with Crippen LogP contribution in [-0.4, -0.2) is 16.7 Å². The van der Waals surface area contributed by atoms with Gasteiger partial charge in [-0.1, -0.05) is 95.2 Å². The van der Waals surface area contributed by atoms with Gasteiger partial charge in [0.15, 0.2) is 11.6 Å². The fourth-order valence-electron chi connectivity index (χ4n) is 3.36. The Hall–Kier alpha value is -2.16. The molecule has 3 heteroatoms. The highest BCUT2D eigenvalue weighted by atomic mass is 16.3. The summed E-state index contributed by atoms with van der Waals surface area (Å²) < 4.78 is 0. The second kappa shape index (κ2) is 8.76. The van der Waals surface area contributed by atoms with Crippen LogP contribution in [0.15, 0.2) is 41.5 Å². The molecule has 3 nitrogen and oxygen atoms in total. The van der Waals surface area contributed by atoms with E-state index in [1.165, 1.54) is 17.7 Å². The second-order valence-corrected chi connectivity index (χ2v) is 12.6. The molecule has 0 fully saturated rings. The molecular formula is C28H42O3. The molecule has 0 bridgehead atoms. The number of aromatic hydroxyl groups is 1. The van der Waals surface area contributed by atoms with Crippen LogP contribution in [0.3, 0.4) is 0 Å². The van der Waals surface area contributed by atoms with Crippen molar-refractivity contribution in [3.63, 3.8) is 0 Å². The molecule has 0 saturated carbocycles. The fraction of sp³-hybridized carbons (Fsp3) is 0.571. The minimum atomic E-state index is -0.271. The number of allylic oxidation sites excluding steroid dienone is 4. The van der Waals surface area contributed by atoms with Gasteiger partial charge in [0, 0.05) is 11.1 Å². The zero-order valence-corrected chi connectivity index (χ0v) is 21.7. The van der Waals surface area contributed by atoms with Gasteiger partial charge in [-0.3, -0.25) is 9.59 Å². The maximum absolute atomic E-state index is 11.9. The molecule has 0 spiro atoms. The topological polar surface area (TPSA) is 54.4 Å². The first-order valence-electron chi connectivity index (χ1n) is 11.0. The molecule has 31 heavy (non-hydrogen) atoms. The van der Waals surface area contributed by atoms with Crippen LogP contribution in [0, 0.1) is 10.8 Å². The molecule has 1 aromatic rings. The highest BCUT2D eigenvalue weighted by Gasteiger charge is 2.32. The summed E-state index contributed by atoms with van der Waals surface area (Å²) in [7, 11) is 0. The Morgan fingerprint density at radius 2 is 0.968 bits per heavy atom. The average molecular weight is 427 g/mol. The molecule has 0 amide bonds. The van der Waals surface area contributed by atoms with E-state index in [4.69, 9.17) is 0 Å². The quantitative estimate of drug-likeness (QED) is 0.451. The van der Waals surface area contributed by atoms with Crippen LogP contribution in [0.5, 0.6) is 5.75 Å². The van der Waals surface area contributed by atoms with Gasteiger partial charge in [0.25, 0.3) is 0 Å². The molecule has 172 valence electrons. The lowest BCUT2D eigenvalue weighted by atomic mass is 9.75. The van der Waals surface area contributed by atoms with E-state index in [1.807, 2.05) is 53.7 Å². The number of hydrogen-bond donors (Lipinski definition) is 1. The van der Waals surface area contributed by atoms with Crippen molar-refractivity contribution in [3.8, 4) is 5.75 Å². The maximum atomic E-state index is 11.9. The van der Waals surface area contributed by atoms with E-state index >= 15 is 0 Å². The molecule has 0 aliphatic heterocycles. The third-order valence-electron chi connectivity index (χ3n) is 5.37. The van der Waals surface area contributed by atoms with E-state index in [1.54, 1.807) is 0 Å². The van der Waals surface area contributed by atoms with Crippen LogP contribution in [-0.2, 0) is 20.4 Å². The lowest BCUT2D eigenvalue weighted by molar-refractivity contribution is -0.116. The fourth-order valence-corrected chi connectivity index (χ4v) is 3.36. The van der Waals surface area contributed by atoms with Crippen LogP contribution in [0.2, 0.25) is 0 Å². The van der Waals surface area contributed by atoms with Crippen molar-refractivity contribution in [1.82, 2.24) is 0 Å². The Kier molecular flexibility index (Phi) is 7.60. The summed E-state index contributed by atoms with van der Waals surface area (Å²) in [5, 5.41) is 9.99. The minimum absolute atomic E-state index is 0.000494. The van der Waals surface area contributed by atoms with E-state index < -0.39 is 0 Å². The first-order chi connectivity index (χ1) is 13.7. The van der Waals surface area contributed by atoms with Crippen molar-refractivity contribution >= 4 is 11.6 Å². The first kappa shape index (κ1) is 26.9. The average Bonchev–Trinajstić information content (AvgIpc) is 2.53. The van der Waals surface area contributed by atoms with Crippen molar-refractivity contribution < 1.29 is 14.7 Å². The van der Waals surface area contributed by atoms with Gasteiger partial charge in [-0.15, -0.1) is 0 Å². The molecule has 0 aromatic heterocycles. The van der Waals surface area contributed by atoms with E-state index in [-0.39, 0.29) is 33.2 Å². The highest BCUT2D eigenvalue weighted by molar-refractivity contribution is 6.20. The van der Waals surface area contributed by atoms with Crippen molar-refractivity contribution in [2.75, 3.05) is 0 Å². The molecule has 1 N–H and O–H groups in total. The van der Waals surface area contributed by atoms with Crippen molar-refractivity contribution in [1.29, 1.82) is 0 Å². The Labute approximate surface area is 189 Å². The van der Waals surface area contributed by atoms with Gasteiger partial charge in [-0.05, 0) is 51.0 Å². The van der Waals surface area contributed by atoms with E-state index in [2.05, 4.69) is 47.6 Å². The minimum Gasteiger partial charge on any atom is -0.508 e. The largest absolute Gasteiger partial charge is 0.508 e. The summed E-state index contributed by atoms with van der Waals surface area (Å²) >= 11 is 0. The molecular weight excluding hydrogens is 384 g/mol. The van der Waals surface area contributed by atoms with Gasteiger partial charge in [-0.2, -0.15) is 0 Å². The van der Waals surface area contributed by atoms with Gasteiger partial charge in [0.1, 0.15) is 5.75 Å². The molecule has 0 heterocycles. The second-order valence-electron chi connectivity index (χ2n) is 12.6. The van der Waals surface area contributed by atoms with Crippen LogP contribution >= 0.6 is 0 Å².